The van der Waals surface area contributed by atoms with Gasteiger partial charge in [0.15, 0.2) is 0 Å². The smallest absolute Gasteiger partial charge is 0.232 e. The van der Waals surface area contributed by atoms with Crippen LogP contribution in [0.1, 0.15) is 26.3 Å². The molecule has 0 amide bonds. The van der Waals surface area contributed by atoms with Gasteiger partial charge in [-0.25, -0.2) is 8.42 Å². The highest BCUT2D eigenvalue weighted by Gasteiger charge is 2.06. The summed E-state index contributed by atoms with van der Waals surface area (Å²) >= 11 is 0. The monoisotopic (exact) mass is 239 g/mol. The number of hydrogen-bond acceptors (Lipinski definition) is 2. The Morgan fingerprint density at radius 3 is 2.69 bits per heavy atom. The second kappa shape index (κ2) is 5.16. The Bertz CT molecular complexity index is 489. The SMILES string of the molecule is C/C=C(\C)c1cccc(NS(=O)(=O)CC)c1. The molecule has 0 aromatic heterocycles. The largest absolute Gasteiger partial charge is 0.284 e. The number of nitrogens with one attached hydrogen (secondary N) is 1. The van der Waals surface area contributed by atoms with Crippen molar-refractivity contribution in [2.24, 2.45) is 0 Å². The molecule has 1 N–H and O–H groups in total. The van der Waals surface area contributed by atoms with Gasteiger partial charge in [-0.2, -0.15) is 0 Å². The molecule has 0 heterocycles. The number of allylic oxidation sites excluding steroid dienone is 2. The molecule has 0 aliphatic rings. The van der Waals surface area contributed by atoms with Gasteiger partial charge in [0.05, 0.1) is 5.75 Å². The van der Waals surface area contributed by atoms with Crippen molar-refractivity contribution in [1.82, 2.24) is 0 Å². The molecule has 0 saturated heterocycles. The highest BCUT2D eigenvalue weighted by atomic mass is 32.2. The van der Waals surface area contributed by atoms with Crippen LogP contribution in [-0.4, -0.2) is 14.2 Å². The standard InChI is InChI=1S/C12H17NO2S/c1-4-10(3)11-7-6-8-12(9-11)13-16(14,15)5-2/h4,6-9,13H,5H2,1-3H3/b10-4+. The molecule has 0 unspecified atom stereocenters. The maximum Gasteiger partial charge on any atom is 0.232 e. The van der Waals surface area contributed by atoms with Gasteiger partial charge in [0.1, 0.15) is 0 Å². The van der Waals surface area contributed by atoms with Crippen molar-refractivity contribution in [2.45, 2.75) is 20.8 Å². The molecule has 0 fully saturated rings. The van der Waals surface area contributed by atoms with E-state index in [-0.39, 0.29) is 5.75 Å². The van der Waals surface area contributed by atoms with Crippen molar-refractivity contribution < 1.29 is 8.42 Å². The van der Waals surface area contributed by atoms with E-state index < -0.39 is 10.0 Å². The first-order valence-electron chi connectivity index (χ1n) is 5.22. The molecule has 0 atom stereocenters. The number of hydrogen-bond donors (Lipinski definition) is 1. The van der Waals surface area contributed by atoms with Crippen molar-refractivity contribution in [3.8, 4) is 0 Å². The Kier molecular flexibility index (Phi) is 4.12. The van der Waals surface area contributed by atoms with Crippen LogP contribution >= 0.6 is 0 Å². The Morgan fingerprint density at radius 2 is 2.12 bits per heavy atom. The number of sulfonamides is 1. The number of rotatable bonds is 4. The lowest BCUT2D eigenvalue weighted by molar-refractivity contribution is 0.602. The molecule has 0 aliphatic carbocycles. The minimum absolute atomic E-state index is 0.0832. The van der Waals surface area contributed by atoms with Crippen LogP contribution in [0.4, 0.5) is 5.69 Å². The van der Waals surface area contributed by atoms with Gasteiger partial charge in [-0.15, -0.1) is 0 Å². The summed E-state index contributed by atoms with van der Waals surface area (Å²) in [6, 6.07) is 7.39. The molecule has 1 aromatic carbocycles. The van der Waals surface area contributed by atoms with Gasteiger partial charge >= 0.3 is 0 Å². The van der Waals surface area contributed by atoms with Gasteiger partial charge in [-0.1, -0.05) is 18.2 Å². The summed E-state index contributed by atoms with van der Waals surface area (Å²) in [7, 11) is -3.19. The molecular formula is C12H17NO2S. The zero-order valence-electron chi connectivity index (χ0n) is 9.82. The molecule has 16 heavy (non-hydrogen) atoms. The average Bonchev–Trinajstić information content (AvgIpc) is 2.28. The molecule has 1 rings (SSSR count). The summed E-state index contributed by atoms with van der Waals surface area (Å²) in [6.07, 6.45) is 1.99. The molecule has 0 aliphatic heterocycles. The van der Waals surface area contributed by atoms with E-state index in [1.54, 1.807) is 13.0 Å². The molecule has 88 valence electrons. The van der Waals surface area contributed by atoms with Gasteiger partial charge in [0.25, 0.3) is 0 Å². The van der Waals surface area contributed by atoms with Crippen LogP contribution in [0.5, 0.6) is 0 Å². The lowest BCUT2D eigenvalue weighted by atomic mass is 10.1. The summed E-state index contributed by atoms with van der Waals surface area (Å²) in [5.41, 5.74) is 2.76. The quantitative estimate of drug-likeness (QED) is 0.878. The molecule has 0 bridgehead atoms. The van der Waals surface area contributed by atoms with Crippen LogP contribution in [-0.2, 0) is 10.0 Å². The van der Waals surface area contributed by atoms with Crippen LogP contribution in [0.3, 0.4) is 0 Å². The van der Waals surface area contributed by atoms with E-state index in [4.69, 9.17) is 0 Å². The normalized spacial score (nSPS) is 12.6. The van der Waals surface area contributed by atoms with E-state index in [2.05, 4.69) is 4.72 Å². The van der Waals surface area contributed by atoms with E-state index in [0.29, 0.717) is 5.69 Å². The van der Waals surface area contributed by atoms with Crippen LogP contribution in [0.15, 0.2) is 30.3 Å². The third kappa shape index (κ3) is 3.38. The maximum atomic E-state index is 11.4. The third-order valence-corrected chi connectivity index (χ3v) is 3.71. The summed E-state index contributed by atoms with van der Waals surface area (Å²) in [5.74, 6) is 0.0832. The van der Waals surface area contributed by atoms with Crippen LogP contribution in [0.25, 0.3) is 5.57 Å². The van der Waals surface area contributed by atoms with Crippen LogP contribution in [0.2, 0.25) is 0 Å². The number of anilines is 1. The minimum Gasteiger partial charge on any atom is -0.284 e. The fourth-order valence-corrected chi connectivity index (χ4v) is 1.88. The zero-order valence-corrected chi connectivity index (χ0v) is 10.6. The van der Waals surface area contributed by atoms with E-state index in [0.717, 1.165) is 11.1 Å². The Hall–Kier alpha value is -1.29. The van der Waals surface area contributed by atoms with Crippen molar-refractivity contribution in [3.05, 3.63) is 35.9 Å². The predicted molar refractivity (Wildman–Crippen MR) is 68.9 cm³/mol. The van der Waals surface area contributed by atoms with Crippen LogP contribution in [0, 0.1) is 0 Å². The van der Waals surface area contributed by atoms with Gasteiger partial charge in [-0.05, 0) is 44.0 Å². The molecule has 0 spiro atoms. The lowest BCUT2D eigenvalue weighted by Gasteiger charge is -2.08. The van der Waals surface area contributed by atoms with E-state index in [9.17, 15) is 8.42 Å². The van der Waals surface area contributed by atoms with Gasteiger partial charge < -0.3 is 0 Å². The van der Waals surface area contributed by atoms with Crippen molar-refractivity contribution in [2.75, 3.05) is 10.5 Å². The fraction of sp³-hybridized carbons (Fsp3) is 0.333. The second-order valence-corrected chi connectivity index (χ2v) is 5.57. The van der Waals surface area contributed by atoms with E-state index in [1.165, 1.54) is 0 Å². The lowest BCUT2D eigenvalue weighted by Crippen LogP contribution is -2.14. The first-order valence-corrected chi connectivity index (χ1v) is 6.87. The van der Waals surface area contributed by atoms with Crippen molar-refractivity contribution in [1.29, 1.82) is 0 Å². The minimum atomic E-state index is -3.19. The summed E-state index contributed by atoms with van der Waals surface area (Å²) < 4.78 is 25.3. The average molecular weight is 239 g/mol. The van der Waals surface area contributed by atoms with Crippen LogP contribution < -0.4 is 4.72 Å². The maximum absolute atomic E-state index is 11.4. The highest BCUT2D eigenvalue weighted by Crippen LogP contribution is 2.18. The van der Waals surface area contributed by atoms with Gasteiger partial charge in [-0.3, -0.25) is 4.72 Å². The summed E-state index contributed by atoms with van der Waals surface area (Å²) in [5, 5.41) is 0. The van der Waals surface area contributed by atoms with Crippen molar-refractivity contribution in [3.63, 3.8) is 0 Å². The molecule has 0 radical (unpaired) electrons. The molecule has 4 heteroatoms. The molecule has 1 aromatic rings. The molecule has 3 nitrogen and oxygen atoms in total. The van der Waals surface area contributed by atoms with Gasteiger partial charge in [0.2, 0.25) is 10.0 Å². The third-order valence-electron chi connectivity index (χ3n) is 2.40. The topological polar surface area (TPSA) is 46.2 Å². The Labute approximate surface area is 97.2 Å². The predicted octanol–water partition coefficient (Wildman–Crippen LogP) is 2.87. The van der Waals surface area contributed by atoms with Gasteiger partial charge in [0, 0.05) is 5.69 Å². The van der Waals surface area contributed by atoms with Crippen molar-refractivity contribution >= 4 is 21.3 Å². The number of benzene rings is 1. The highest BCUT2D eigenvalue weighted by molar-refractivity contribution is 7.92. The molecular weight excluding hydrogens is 222 g/mol. The summed E-state index contributed by atoms with van der Waals surface area (Å²) in [4.78, 5) is 0. The zero-order chi connectivity index (χ0) is 12.2. The van der Waals surface area contributed by atoms with E-state index in [1.807, 2.05) is 38.1 Å². The van der Waals surface area contributed by atoms with E-state index >= 15 is 0 Å². The second-order valence-electron chi connectivity index (χ2n) is 3.56. The first-order chi connectivity index (χ1) is 7.48. The first kappa shape index (κ1) is 12.8. The Balaban J connectivity index is 3.00. The summed E-state index contributed by atoms with van der Waals surface area (Å²) in [6.45, 7) is 5.56. The fourth-order valence-electron chi connectivity index (χ4n) is 1.25. The Morgan fingerprint density at radius 1 is 1.44 bits per heavy atom. The molecule has 0 saturated carbocycles.